The topological polar surface area (TPSA) is 50.7 Å². The summed E-state index contributed by atoms with van der Waals surface area (Å²) < 4.78 is 11.6. The van der Waals surface area contributed by atoms with Gasteiger partial charge in [-0.2, -0.15) is 0 Å². The molecular formula is C25H49NO3. The average Bonchev–Trinajstić information content (AvgIpc) is 2.72. The van der Waals surface area contributed by atoms with E-state index >= 15 is 0 Å². The summed E-state index contributed by atoms with van der Waals surface area (Å²) in [4.78, 5) is 0. The van der Waals surface area contributed by atoms with Crippen LogP contribution in [-0.4, -0.2) is 44.3 Å². The fourth-order valence-corrected chi connectivity index (χ4v) is 3.39. The molecule has 0 heterocycles. The Bertz CT molecular complexity index is 349. The van der Waals surface area contributed by atoms with Crippen LogP contribution in [0, 0.1) is 0 Å². The van der Waals surface area contributed by atoms with Crippen molar-refractivity contribution < 1.29 is 14.6 Å². The number of nitrogens with one attached hydrogen (secondary N) is 1. The molecule has 2 unspecified atom stereocenters. The standard InChI is InChI=1S/C25H49NO3/c1-4-6-8-10-12-14-16-18-24(28-23-21-26-3)20-22-29-25(27)19-17-15-13-11-9-7-5-2/h4-5,24-27H,1-2,6-23H2,3H3. The van der Waals surface area contributed by atoms with Gasteiger partial charge in [-0.15, -0.1) is 13.2 Å². The maximum atomic E-state index is 10.0. The first-order chi connectivity index (χ1) is 14.2. The van der Waals surface area contributed by atoms with Gasteiger partial charge in [-0.05, 0) is 58.4 Å². The van der Waals surface area contributed by atoms with Gasteiger partial charge in [0.25, 0.3) is 0 Å². The zero-order valence-corrected chi connectivity index (χ0v) is 19.2. The van der Waals surface area contributed by atoms with Gasteiger partial charge < -0.3 is 19.9 Å². The predicted molar refractivity (Wildman–Crippen MR) is 125 cm³/mol. The first-order valence-corrected chi connectivity index (χ1v) is 12.0. The van der Waals surface area contributed by atoms with Crippen molar-refractivity contribution in [3.05, 3.63) is 25.3 Å². The van der Waals surface area contributed by atoms with Crippen LogP contribution in [-0.2, 0) is 9.47 Å². The lowest BCUT2D eigenvalue weighted by atomic mass is 10.1. The maximum Gasteiger partial charge on any atom is 0.154 e. The van der Waals surface area contributed by atoms with Crippen molar-refractivity contribution in [2.24, 2.45) is 0 Å². The summed E-state index contributed by atoms with van der Waals surface area (Å²) in [5.41, 5.74) is 0. The van der Waals surface area contributed by atoms with E-state index in [4.69, 9.17) is 9.47 Å². The zero-order chi connectivity index (χ0) is 21.4. The number of aliphatic hydroxyl groups is 1. The van der Waals surface area contributed by atoms with Gasteiger partial charge in [0, 0.05) is 6.54 Å². The van der Waals surface area contributed by atoms with Crippen LogP contribution in [0.15, 0.2) is 25.3 Å². The van der Waals surface area contributed by atoms with E-state index in [9.17, 15) is 5.11 Å². The molecule has 0 aliphatic rings. The van der Waals surface area contributed by atoms with Crippen molar-refractivity contribution in [2.45, 2.75) is 109 Å². The minimum absolute atomic E-state index is 0.230. The molecule has 0 saturated heterocycles. The number of allylic oxidation sites excluding steroid dienone is 2. The van der Waals surface area contributed by atoms with Crippen LogP contribution in [0.2, 0.25) is 0 Å². The molecule has 4 heteroatoms. The van der Waals surface area contributed by atoms with Crippen LogP contribution in [0.1, 0.15) is 96.3 Å². The summed E-state index contributed by atoms with van der Waals surface area (Å²) in [5.74, 6) is 0. The van der Waals surface area contributed by atoms with Gasteiger partial charge in [0.15, 0.2) is 6.29 Å². The fraction of sp³-hybridized carbons (Fsp3) is 0.840. The smallest absolute Gasteiger partial charge is 0.154 e. The number of aliphatic hydroxyl groups excluding tert-OH is 1. The number of unbranched alkanes of at least 4 members (excludes halogenated alkanes) is 10. The van der Waals surface area contributed by atoms with Crippen molar-refractivity contribution in [1.82, 2.24) is 5.32 Å². The number of hydrogen-bond donors (Lipinski definition) is 2. The molecule has 172 valence electrons. The molecule has 2 atom stereocenters. The fourth-order valence-electron chi connectivity index (χ4n) is 3.39. The Labute approximate surface area is 181 Å². The Morgan fingerprint density at radius 2 is 1.28 bits per heavy atom. The summed E-state index contributed by atoms with van der Waals surface area (Å²) in [6.45, 7) is 9.70. The highest BCUT2D eigenvalue weighted by Gasteiger charge is 2.11. The van der Waals surface area contributed by atoms with Gasteiger partial charge in [-0.25, -0.2) is 0 Å². The molecule has 29 heavy (non-hydrogen) atoms. The molecule has 0 aromatic heterocycles. The Kier molecular flexibility index (Phi) is 23.0. The SMILES string of the molecule is C=CCCCCCCCC(O)OCCC(CCCCCCCC=C)OCCNC. The van der Waals surface area contributed by atoms with Crippen LogP contribution in [0.3, 0.4) is 0 Å². The molecule has 0 fully saturated rings. The highest BCUT2D eigenvalue weighted by molar-refractivity contribution is 4.66. The molecule has 0 aliphatic heterocycles. The van der Waals surface area contributed by atoms with Crippen molar-refractivity contribution in [2.75, 3.05) is 26.8 Å². The summed E-state index contributed by atoms with van der Waals surface area (Å²) in [6.07, 6.45) is 20.7. The van der Waals surface area contributed by atoms with E-state index in [1.54, 1.807) is 0 Å². The van der Waals surface area contributed by atoms with Crippen molar-refractivity contribution in [1.29, 1.82) is 0 Å². The van der Waals surface area contributed by atoms with Crippen molar-refractivity contribution in [3.63, 3.8) is 0 Å². The van der Waals surface area contributed by atoms with E-state index in [0.717, 1.165) is 51.7 Å². The van der Waals surface area contributed by atoms with Crippen LogP contribution in [0.5, 0.6) is 0 Å². The van der Waals surface area contributed by atoms with Crippen LogP contribution < -0.4 is 5.32 Å². The van der Waals surface area contributed by atoms with Gasteiger partial charge >= 0.3 is 0 Å². The first-order valence-electron chi connectivity index (χ1n) is 12.0. The minimum atomic E-state index is -0.633. The lowest BCUT2D eigenvalue weighted by Crippen LogP contribution is -2.23. The third kappa shape index (κ3) is 21.8. The first kappa shape index (κ1) is 28.3. The second-order valence-electron chi connectivity index (χ2n) is 7.98. The average molecular weight is 412 g/mol. The van der Waals surface area contributed by atoms with Gasteiger partial charge in [0.1, 0.15) is 0 Å². The third-order valence-electron chi connectivity index (χ3n) is 5.25. The molecule has 4 nitrogen and oxygen atoms in total. The van der Waals surface area contributed by atoms with Gasteiger partial charge in [0.05, 0.1) is 19.3 Å². The van der Waals surface area contributed by atoms with Crippen LogP contribution in [0.4, 0.5) is 0 Å². The highest BCUT2D eigenvalue weighted by atomic mass is 16.6. The second-order valence-corrected chi connectivity index (χ2v) is 7.98. The largest absolute Gasteiger partial charge is 0.377 e. The third-order valence-corrected chi connectivity index (χ3v) is 5.25. The zero-order valence-electron chi connectivity index (χ0n) is 19.2. The highest BCUT2D eigenvalue weighted by Crippen LogP contribution is 2.14. The van der Waals surface area contributed by atoms with E-state index in [2.05, 4.69) is 18.5 Å². The van der Waals surface area contributed by atoms with Gasteiger partial charge in [0.2, 0.25) is 0 Å². The minimum Gasteiger partial charge on any atom is -0.377 e. The van der Waals surface area contributed by atoms with E-state index in [0.29, 0.717) is 6.61 Å². The number of rotatable bonds is 24. The lowest BCUT2D eigenvalue weighted by molar-refractivity contribution is -0.113. The Morgan fingerprint density at radius 1 is 0.724 bits per heavy atom. The van der Waals surface area contributed by atoms with Crippen molar-refractivity contribution in [3.8, 4) is 0 Å². The number of hydrogen-bond acceptors (Lipinski definition) is 4. The Hall–Kier alpha value is -0.680. The molecule has 0 bridgehead atoms. The Morgan fingerprint density at radius 3 is 1.86 bits per heavy atom. The lowest BCUT2D eigenvalue weighted by Gasteiger charge is -2.19. The predicted octanol–water partition coefficient (Wildman–Crippen LogP) is 6.15. The molecule has 0 spiro atoms. The molecule has 0 aromatic carbocycles. The van der Waals surface area contributed by atoms with E-state index < -0.39 is 6.29 Å². The van der Waals surface area contributed by atoms with E-state index in [-0.39, 0.29) is 6.10 Å². The molecule has 0 radical (unpaired) electrons. The van der Waals surface area contributed by atoms with Gasteiger partial charge in [-0.1, -0.05) is 57.1 Å². The van der Waals surface area contributed by atoms with Crippen molar-refractivity contribution >= 4 is 0 Å². The maximum absolute atomic E-state index is 10.0. The molecule has 0 amide bonds. The normalized spacial score (nSPS) is 13.3. The van der Waals surface area contributed by atoms with E-state index in [1.807, 2.05) is 19.2 Å². The van der Waals surface area contributed by atoms with Gasteiger partial charge in [-0.3, -0.25) is 0 Å². The Balaban J connectivity index is 3.79. The van der Waals surface area contributed by atoms with E-state index in [1.165, 1.54) is 57.8 Å². The molecule has 0 aromatic rings. The van der Waals surface area contributed by atoms with Crippen LogP contribution in [0.25, 0.3) is 0 Å². The quantitative estimate of drug-likeness (QED) is 0.114. The second kappa shape index (κ2) is 23.6. The summed E-state index contributed by atoms with van der Waals surface area (Å²) >= 11 is 0. The molecule has 0 saturated carbocycles. The molecule has 2 N–H and O–H groups in total. The molecule has 0 rings (SSSR count). The summed E-state index contributed by atoms with van der Waals surface area (Å²) in [5, 5.41) is 13.2. The van der Waals surface area contributed by atoms with Crippen LogP contribution >= 0.6 is 0 Å². The monoisotopic (exact) mass is 411 g/mol. The number of ether oxygens (including phenoxy) is 2. The number of likely N-dealkylation sites (N-methyl/N-ethyl adjacent to an activating group) is 1. The summed E-state index contributed by atoms with van der Waals surface area (Å²) in [6, 6.07) is 0. The molecular weight excluding hydrogens is 362 g/mol. The summed E-state index contributed by atoms with van der Waals surface area (Å²) in [7, 11) is 1.94. The molecule has 0 aliphatic carbocycles.